The number of amides is 7. The highest BCUT2D eigenvalue weighted by Crippen LogP contribution is 2.26. The second kappa shape index (κ2) is 16.2. The van der Waals surface area contributed by atoms with Gasteiger partial charge in [-0.1, -0.05) is 13.8 Å². The number of nitrogens with one attached hydrogen (secondary N) is 4. The van der Waals surface area contributed by atoms with Crippen molar-refractivity contribution in [3.8, 4) is 0 Å². The summed E-state index contributed by atoms with van der Waals surface area (Å²) in [6.45, 7) is 7.51. The van der Waals surface area contributed by atoms with Crippen LogP contribution < -0.4 is 27.0 Å². The summed E-state index contributed by atoms with van der Waals surface area (Å²) in [5.74, 6) is -6.74. The first kappa shape index (κ1) is 36.9. The summed E-state index contributed by atoms with van der Waals surface area (Å²) in [6, 6.07) is -7.18. The molecule has 7 amide bonds. The average molecular weight is 640 g/mol. The molecule has 2 aliphatic heterocycles. The van der Waals surface area contributed by atoms with Crippen molar-refractivity contribution in [3.05, 3.63) is 0 Å². The maximum Gasteiger partial charge on any atom is 0.305 e. The Morgan fingerprint density at radius 3 is 1.89 bits per heavy atom. The Labute approximate surface area is 261 Å². The van der Waals surface area contributed by atoms with Crippen LogP contribution in [0.3, 0.4) is 0 Å². The van der Waals surface area contributed by atoms with E-state index in [-0.39, 0.29) is 25.4 Å². The number of hydrogen-bond acceptors (Lipinski definition) is 9. The summed E-state index contributed by atoms with van der Waals surface area (Å²) in [4.78, 5) is 103. The van der Waals surface area contributed by atoms with E-state index in [0.29, 0.717) is 19.3 Å². The number of nitrogens with zero attached hydrogens (tertiary/aromatic N) is 2. The number of carboxylic acids is 1. The Balaban J connectivity index is 2.20. The Morgan fingerprint density at radius 2 is 1.38 bits per heavy atom. The lowest BCUT2D eigenvalue weighted by Gasteiger charge is -2.34. The van der Waals surface area contributed by atoms with Crippen LogP contribution in [0.25, 0.3) is 0 Å². The highest BCUT2D eigenvalue weighted by molar-refractivity contribution is 5.98. The normalized spacial score (nSPS) is 21.2. The van der Waals surface area contributed by atoms with Gasteiger partial charge in [-0.3, -0.25) is 38.4 Å². The Morgan fingerprint density at radius 1 is 0.800 bits per heavy atom. The molecule has 0 spiro atoms. The fourth-order valence-electron chi connectivity index (χ4n) is 5.47. The molecule has 0 aromatic heterocycles. The van der Waals surface area contributed by atoms with Gasteiger partial charge in [0.05, 0.1) is 12.5 Å². The van der Waals surface area contributed by atoms with E-state index in [2.05, 4.69) is 21.3 Å². The van der Waals surface area contributed by atoms with Gasteiger partial charge in [-0.2, -0.15) is 0 Å². The van der Waals surface area contributed by atoms with Crippen LogP contribution in [0.2, 0.25) is 0 Å². The predicted molar refractivity (Wildman–Crippen MR) is 157 cm³/mol. The van der Waals surface area contributed by atoms with Crippen LogP contribution in [0, 0.1) is 5.92 Å². The third-order valence-corrected chi connectivity index (χ3v) is 7.80. The molecule has 0 saturated carbocycles. The number of carboxylic acid groups (broad SMARTS) is 1. The van der Waals surface area contributed by atoms with Crippen molar-refractivity contribution in [2.75, 3.05) is 13.1 Å². The van der Waals surface area contributed by atoms with E-state index >= 15 is 0 Å². The maximum atomic E-state index is 13.7. The van der Waals surface area contributed by atoms with Gasteiger partial charge in [0.15, 0.2) is 0 Å². The number of carbonyl (C=O) groups is 8. The van der Waals surface area contributed by atoms with E-state index < -0.39 is 96.1 Å². The van der Waals surface area contributed by atoms with E-state index in [0.717, 1.165) is 0 Å². The van der Waals surface area contributed by atoms with Crippen LogP contribution in [-0.2, 0) is 38.4 Å². The summed E-state index contributed by atoms with van der Waals surface area (Å²) in [6.07, 6.45) is -0.818. The Bertz CT molecular complexity index is 1180. The average Bonchev–Trinajstić information content (AvgIpc) is 3.62. The lowest BCUT2D eigenvalue weighted by Crippen LogP contribution is -2.61. The largest absolute Gasteiger partial charge is 0.481 e. The Kier molecular flexibility index (Phi) is 13.2. The van der Waals surface area contributed by atoms with Gasteiger partial charge in [0.2, 0.25) is 41.4 Å². The molecule has 0 aliphatic carbocycles. The van der Waals surface area contributed by atoms with Crippen molar-refractivity contribution >= 4 is 47.3 Å². The molecule has 45 heavy (non-hydrogen) atoms. The molecule has 0 radical (unpaired) electrons. The molecule has 0 unspecified atom stereocenters. The zero-order valence-corrected chi connectivity index (χ0v) is 26.2. The monoisotopic (exact) mass is 639 g/mol. The number of aliphatic hydroxyl groups is 1. The molecule has 0 aromatic rings. The van der Waals surface area contributed by atoms with Gasteiger partial charge in [-0.15, -0.1) is 0 Å². The number of likely N-dealkylation sites (tertiary alicyclic amines) is 2. The van der Waals surface area contributed by atoms with Crippen molar-refractivity contribution in [3.63, 3.8) is 0 Å². The van der Waals surface area contributed by atoms with Gasteiger partial charge < -0.3 is 47.0 Å². The quantitative estimate of drug-likeness (QED) is 0.101. The van der Waals surface area contributed by atoms with Crippen molar-refractivity contribution in [1.82, 2.24) is 31.1 Å². The second-order valence-electron chi connectivity index (χ2n) is 11.8. The molecule has 2 fully saturated rings. The van der Waals surface area contributed by atoms with E-state index in [9.17, 15) is 48.6 Å². The van der Waals surface area contributed by atoms with Crippen LogP contribution in [-0.4, -0.2) is 123 Å². The summed E-state index contributed by atoms with van der Waals surface area (Å²) >= 11 is 0. The molecule has 252 valence electrons. The Hall–Kier alpha value is -4.28. The van der Waals surface area contributed by atoms with Crippen LogP contribution in [0.1, 0.15) is 66.7 Å². The summed E-state index contributed by atoms with van der Waals surface area (Å²) in [7, 11) is 0. The van der Waals surface area contributed by atoms with Gasteiger partial charge in [-0.25, -0.2) is 0 Å². The number of hydrogen-bond donors (Lipinski definition) is 7. The molecule has 2 rings (SSSR count). The topological polar surface area (TPSA) is 258 Å². The summed E-state index contributed by atoms with van der Waals surface area (Å²) in [5, 5.41) is 29.2. The maximum absolute atomic E-state index is 13.7. The number of primary amides is 1. The zero-order valence-electron chi connectivity index (χ0n) is 26.2. The van der Waals surface area contributed by atoms with Crippen molar-refractivity contribution in [2.24, 2.45) is 11.7 Å². The SMILES string of the molecule is CC(=O)N[C@@H](C)C(=O)N[C@@H](CC(=O)O)C(=O)N[C@H](C(=O)N1CCC[C@H]1C(=O)N1CCC[C@H]1C(=O)N[C@H](C(N)=O)C(C)C)[C@@H](C)O. The van der Waals surface area contributed by atoms with Crippen LogP contribution in [0.4, 0.5) is 0 Å². The first-order valence-electron chi connectivity index (χ1n) is 14.9. The minimum absolute atomic E-state index is 0.111. The van der Waals surface area contributed by atoms with Crippen molar-refractivity contribution < 1.29 is 48.6 Å². The molecule has 8 N–H and O–H groups in total. The van der Waals surface area contributed by atoms with Gasteiger partial charge in [0, 0.05) is 20.0 Å². The van der Waals surface area contributed by atoms with Crippen molar-refractivity contribution in [1.29, 1.82) is 0 Å². The van der Waals surface area contributed by atoms with Gasteiger partial charge in [-0.05, 0) is 45.4 Å². The lowest BCUT2D eigenvalue weighted by molar-refractivity contribution is -0.149. The molecule has 17 heteroatoms. The molecule has 0 bridgehead atoms. The third-order valence-electron chi connectivity index (χ3n) is 7.80. The van der Waals surface area contributed by atoms with E-state index in [1.165, 1.54) is 30.6 Å². The zero-order chi connectivity index (χ0) is 34.2. The number of carbonyl (C=O) groups excluding carboxylic acids is 7. The first-order chi connectivity index (χ1) is 21.0. The summed E-state index contributed by atoms with van der Waals surface area (Å²) < 4.78 is 0. The third kappa shape index (κ3) is 9.86. The van der Waals surface area contributed by atoms with Crippen LogP contribution in [0.5, 0.6) is 0 Å². The fourth-order valence-corrected chi connectivity index (χ4v) is 5.47. The second-order valence-corrected chi connectivity index (χ2v) is 11.8. The van der Waals surface area contributed by atoms with E-state index in [1.54, 1.807) is 13.8 Å². The molecule has 7 atom stereocenters. The molecule has 17 nitrogen and oxygen atoms in total. The molecule has 2 aliphatic rings. The standard InChI is InChI=1S/C28H45N7O10/c1-13(2)21(23(29)40)32-26(43)18-8-6-10-34(18)27(44)19-9-7-11-35(19)28(45)22(15(4)36)33-25(42)17(12-20(38)39)31-24(41)14(3)30-16(5)37/h13-15,17-19,21-22,36H,6-12H2,1-5H3,(H2,29,40)(H,30,37)(H,31,41)(H,32,43)(H,33,42)(H,38,39)/t14-,15+,17-,18-,19-,21-,22-/m0/s1. The van der Waals surface area contributed by atoms with E-state index in [1.807, 2.05) is 0 Å². The number of nitrogens with two attached hydrogens (primary N) is 1. The highest BCUT2D eigenvalue weighted by Gasteiger charge is 2.45. The van der Waals surface area contributed by atoms with Crippen molar-refractivity contribution in [2.45, 2.75) is 109 Å². The van der Waals surface area contributed by atoms with Crippen LogP contribution in [0.15, 0.2) is 0 Å². The predicted octanol–water partition coefficient (Wildman–Crippen LogP) is -3.06. The molecule has 0 aromatic carbocycles. The molecule has 2 heterocycles. The van der Waals surface area contributed by atoms with Gasteiger partial charge >= 0.3 is 5.97 Å². The number of aliphatic carboxylic acids is 1. The number of rotatable bonds is 14. The molecular weight excluding hydrogens is 594 g/mol. The smallest absolute Gasteiger partial charge is 0.305 e. The van der Waals surface area contributed by atoms with Crippen LogP contribution >= 0.6 is 0 Å². The minimum Gasteiger partial charge on any atom is -0.481 e. The minimum atomic E-state index is -1.66. The first-order valence-corrected chi connectivity index (χ1v) is 14.9. The fraction of sp³-hybridized carbons (Fsp3) is 0.714. The van der Waals surface area contributed by atoms with Gasteiger partial charge in [0.25, 0.3) is 0 Å². The molecule has 2 saturated heterocycles. The lowest BCUT2D eigenvalue weighted by atomic mass is 10.0. The molecular formula is C28H45N7O10. The highest BCUT2D eigenvalue weighted by atomic mass is 16.4. The van der Waals surface area contributed by atoms with Gasteiger partial charge in [0.1, 0.15) is 36.3 Å². The summed E-state index contributed by atoms with van der Waals surface area (Å²) in [5.41, 5.74) is 5.42. The van der Waals surface area contributed by atoms with E-state index in [4.69, 9.17) is 5.73 Å². The number of aliphatic hydroxyl groups excluding tert-OH is 1.